The van der Waals surface area contributed by atoms with Crippen molar-refractivity contribution in [3.05, 3.63) is 58.6 Å². The van der Waals surface area contributed by atoms with Crippen molar-refractivity contribution in [1.82, 2.24) is 0 Å². The van der Waals surface area contributed by atoms with Crippen molar-refractivity contribution in [3.63, 3.8) is 0 Å². The number of hydrogen-bond donors (Lipinski definition) is 1. The molecular formula is C17H19BrClNO3. The van der Waals surface area contributed by atoms with Gasteiger partial charge in [0.15, 0.2) is 0 Å². The number of ether oxygens (including phenoxy) is 2. The summed E-state index contributed by atoms with van der Waals surface area (Å²) in [6.07, 6.45) is 0.884. The Morgan fingerprint density at radius 2 is 1.74 bits per heavy atom. The van der Waals surface area contributed by atoms with Gasteiger partial charge in [-0.05, 0) is 55.0 Å². The van der Waals surface area contributed by atoms with Crippen molar-refractivity contribution < 1.29 is 14.3 Å². The van der Waals surface area contributed by atoms with Gasteiger partial charge in [0.25, 0.3) is 0 Å². The molecular weight excluding hydrogens is 382 g/mol. The van der Waals surface area contributed by atoms with E-state index in [4.69, 9.17) is 4.74 Å². The number of methoxy groups -OCH3 is 1. The fraction of sp³-hybridized carbons (Fsp3) is 0.235. The summed E-state index contributed by atoms with van der Waals surface area (Å²) in [6, 6.07) is 15.0. The lowest BCUT2D eigenvalue weighted by atomic mass is 10.2. The highest BCUT2D eigenvalue weighted by Gasteiger charge is 2.04. The molecule has 0 aliphatic rings. The first-order valence-electron chi connectivity index (χ1n) is 6.99. The van der Waals surface area contributed by atoms with Crippen molar-refractivity contribution in [1.29, 1.82) is 0 Å². The summed E-state index contributed by atoms with van der Waals surface area (Å²) in [4.78, 5) is 11.3. The van der Waals surface area contributed by atoms with E-state index in [1.807, 2.05) is 24.3 Å². The molecule has 4 nitrogen and oxygen atoms in total. The van der Waals surface area contributed by atoms with Gasteiger partial charge in [0, 0.05) is 16.7 Å². The molecule has 0 atom stereocenters. The minimum Gasteiger partial charge on any atom is -0.494 e. The van der Waals surface area contributed by atoms with E-state index in [1.165, 1.54) is 7.11 Å². The summed E-state index contributed by atoms with van der Waals surface area (Å²) in [5.74, 6) is 0.404. The Morgan fingerprint density at radius 3 is 2.35 bits per heavy atom. The number of esters is 1. The maximum absolute atomic E-state index is 11.3. The Bertz CT molecular complexity index is 602. The van der Waals surface area contributed by atoms with Crippen molar-refractivity contribution >= 4 is 40.0 Å². The van der Waals surface area contributed by atoms with E-state index in [0.29, 0.717) is 12.2 Å². The number of rotatable bonds is 7. The maximum atomic E-state index is 11.3. The van der Waals surface area contributed by atoms with E-state index in [0.717, 1.165) is 28.9 Å². The van der Waals surface area contributed by atoms with Crippen LogP contribution in [0, 0.1) is 0 Å². The Balaban J connectivity index is 0.00000264. The Morgan fingerprint density at radius 1 is 1.09 bits per heavy atom. The Labute approximate surface area is 150 Å². The van der Waals surface area contributed by atoms with Crippen molar-refractivity contribution in [3.8, 4) is 5.75 Å². The Kier molecular flexibility index (Phi) is 8.51. The van der Waals surface area contributed by atoms with Crippen molar-refractivity contribution in [2.24, 2.45) is 0 Å². The number of nitrogens with one attached hydrogen (secondary N) is 1. The maximum Gasteiger partial charge on any atom is 0.337 e. The second-order valence-electron chi connectivity index (χ2n) is 4.65. The SMILES string of the molecule is COC(=O)c1ccc(OCCCNc2ccc(Br)cc2)cc1.Cl. The lowest BCUT2D eigenvalue weighted by Crippen LogP contribution is -2.07. The Hall–Kier alpha value is -1.72. The summed E-state index contributed by atoms with van der Waals surface area (Å²) in [6.45, 7) is 1.45. The van der Waals surface area contributed by atoms with Gasteiger partial charge in [-0.25, -0.2) is 4.79 Å². The largest absolute Gasteiger partial charge is 0.494 e. The third-order valence-corrected chi connectivity index (χ3v) is 3.57. The minimum atomic E-state index is -0.342. The zero-order valence-electron chi connectivity index (χ0n) is 12.8. The molecule has 1 N–H and O–H groups in total. The molecule has 0 aliphatic heterocycles. The summed E-state index contributed by atoms with van der Waals surface area (Å²) >= 11 is 3.41. The predicted molar refractivity (Wildman–Crippen MR) is 97.8 cm³/mol. The molecule has 0 heterocycles. The number of halogens is 2. The van der Waals surface area contributed by atoms with Crippen LogP contribution in [0.2, 0.25) is 0 Å². The van der Waals surface area contributed by atoms with Crippen molar-refractivity contribution in [2.45, 2.75) is 6.42 Å². The normalized spacial score (nSPS) is 9.65. The third kappa shape index (κ3) is 6.50. The number of hydrogen-bond acceptors (Lipinski definition) is 4. The van der Waals surface area contributed by atoms with Crippen LogP contribution in [0.5, 0.6) is 5.75 Å². The summed E-state index contributed by atoms with van der Waals surface area (Å²) in [5.41, 5.74) is 1.61. The molecule has 0 unspecified atom stereocenters. The predicted octanol–water partition coefficient (Wildman–Crippen LogP) is 4.54. The minimum absolute atomic E-state index is 0. The smallest absolute Gasteiger partial charge is 0.337 e. The first-order chi connectivity index (χ1) is 10.7. The zero-order chi connectivity index (χ0) is 15.8. The van der Waals surface area contributed by atoms with Crippen LogP contribution in [-0.4, -0.2) is 26.2 Å². The van der Waals surface area contributed by atoms with Gasteiger partial charge in [0.1, 0.15) is 5.75 Å². The molecule has 0 saturated carbocycles. The second-order valence-corrected chi connectivity index (χ2v) is 5.57. The standard InChI is InChI=1S/C17H18BrNO3.ClH/c1-21-17(20)13-3-9-16(10-4-13)22-12-2-11-19-15-7-5-14(18)6-8-15;/h3-10,19H,2,11-12H2,1H3;1H. The zero-order valence-corrected chi connectivity index (χ0v) is 15.2. The topological polar surface area (TPSA) is 47.6 Å². The van der Waals surface area contributed by atoms with E-state index in [9.17, 15) is 4.79 Å². The third-order valence-electron chi connectivity index (χ3n) is 3.04. The van der Waals surface area contributed by atoms with Gasteiger partial charge in [-0.2, -0.15) is 0 Å². The van der Waals surface area contributed by atoms with E-state index >= 15 is 0 Å². The number of benzene rings is 2. The fourth-order valence-corrected chi connectivity index (χ4v) is 2.13. The molecule has 2 rings (SSSR count). The average molecular weight is 401 g/mol. The first kappa shape index (κ1) is 19.3. The van der Waals surface area contributed by atoms with Gasteiger partial charge in [-0.15, -0.1) is 12.4 Å². The molecule has 2 aromatic rings. The molecule has 6 heteroatoms. The number of carbonyl (C=O) groups is 1. The van der Waals surface area contributed by atoms with Crippen LogP contribution < -0.4 is 10.1 Å². The van der Waals surface area contributed by atoms with Gasteiger partial charge in [-0.3, -0.25) is 0 Å². The van der Waals surface area contributed by atoms with Crippen LogP contribution in [0.15, 0.2) is 53.0 Å². The molecule has 0 aliphatic carbocycles. The average Bonchev–Trinajstić information content (AvgIpc) is 2.56. The molecule has 0 saturated heterocycles. The van der Waals surface area contributed by atoms with Crippen LogP contribution in [-0.2, 0) is 4.74 Å². The van der Waals surface area contributed by atoms with Crippen LogP contribution in [0.1, 0.15) is 16.8 Å². The summed E-state index contributed by atoms with van der Waals surface area (Å²) < 4.78 is 11.3. The highest BCUT2D eigenvalue weighted by Crippen LogP contribution is 2.15. The lowest BCUT2D eigenvalue weighted by molar-refractivity contribution is 0.0600. The summed E-state index contributed by atoms with van der Waals surface area (Å²) in [5, 5.41) is 3.33. The molecule has 0 radical (unpaired) electrons. The molecule has 0 amide bonds. The van der Waals surface area contributed by atoms with Crippen LogP contribution in [0.4, 0.5) is 5.69 Å². The number of carbonyl (C=O) groups excluding carboxylic acids is 1. The van der Waals surface area contributed by atoms with Gasteiger partial charge < -0.3 is 14.8 Å². The van der Waals surface area contributed by atoms with E-state index in [2.05, 4.69) is 26.0 Å². The van der Waals surface area contributed by atoms with E-state index in [-0.39, 0.29) is 18.4 Å². The van der Waals surface area contributed by atoms with Crippen LogP contribution >= 0.6 is 28.3 Å². The quantitative estimate of drug-likeness (QED) is 0.547. The molecule has 0 fully saturated rings. The fourth-order valence-electron chi connectivity index (χ4n) is 1.87. The van der Waals surface area contributed by atoms with E-state index < -0.39 is 0 Å². The van der Waals surface area contributed by atoms with Crippen LogP contribution in [0.25, 0.3) is 0 Å². The van der Waals surface area contributed by atoms with E-state index in [1.54, 1.807) is 24.3 Å². The highest BCUT2D eigenvalue weighted by atomic mass is 79.9. The molecule has 124 valence electrons. The van der Waals surface area contributed by atoms with Gasteiger partial charge in [-0.1, -0.05) is 15.9 Å². The second kappa shape index (κ2) is 10.1. The van der Waals surface area contributed by atoms with Gasteiger partial charge >= 0.3 is 5.97 Å². The molecule has 2 aromatic carbocycles. The lowest BCUT2D eigenvalue weighted by Gasteiger charge is -2.08. The van der Waals surface area contributed by atoms with Gasteiger partial charge in [0.2, 0.25) is 0 Å². The monoisotopic (exact) mass is 399 g/mol. The first-order valence-corrected chi connectivity index (χ1v) is 7.79. The molecule has 0 bridgehead atoms. The molecule has 23 heavy (non-hydrogen) atoms. The summed E-state index contributed by atoms with van der Waals surface area (Å²) in [7, 11) is 1.37. The molecule has 0 aromatic heterocycles. The highest BCUT2D eigenvalue weighted by molar-refractivity contribution is 9.10. The van der Waals surface area contributed by atoms with Crippen LogP contribution in [0.3, 0.4) is 0 Å². The molecule has 0 spiro atoms. The van der Waals surface area contributed by atoms with Gasteiger partial charge in [0.05, 0.1) is 19.3 Å². The van der Waals surface area contributed by atoms with Crippen molar-refractivity contribution in [2.75, 3.05) is 25.6 Å². The number of anilines is 1.